The summed E-state index contributed by atoms with van der Waals surface area (Å²) in [5.41, 5.74) is 4.67. The molecule has 0 aliphatic rings. The summed E-state index contributed by atoms with van der Waals surface area (Å²) in [6.07, 6.45) is -0.588. The monoisotopic (exact) mass is 73.1 g/mol. The lowest BCUT2D eigenvalue weighted by atomic mass is 10.4. The maximum atomic E-state index is 8.12. The maximum Gasteiger partial charge on any atom is 0.0869 e. The summed E-state index contributed by atoms with van der Waals surface area (Å²) in [6.45, 7) is 3.62. The average molecular weight is 73.1 g/mol. The molecule has 0 aromatic heterocycles. The topological polar surface area (TPSA) is 46.2 Å². The third-order valence-electron chi connectivity index (χ3n) is 0.241. The first kappa shape index (κ1) is 4.92. The Kier molecular flexibility index (Phi) is 2.14. The van der Waals surface area contributed by atoms with Gasteiger partial charge in [0.05, 0.1) is 12.6 Å². The van der Waals surface area contributed by atoms with Crippen LogP contribution in [-0.4, -0.2) is 11.2 Å². The van der Waals surface area contributed by atoms with Crippen molar-refractivity contribution >= 4 is 0 Å². The van der Waals surface area contributed by atoms with Gasteiger partial charge < -0.3 is 10.8 Å². The van der Waals surface area contributed by atoms with Crippen molar-refractivity contribution in [1.29, 1.82) is 0 Å². The maximum absolute atomic E-state index is 8.12. The predicted molar refractivity (Wildman–Crippen MR) is 19.1 cm³/mol. The van der Waals surface area contributed by atoms with Crippen LogP contribution < -0.4 is 5.73 Å². The highest BCUT2D eigenvalue weighted by molar-refractivity contribution is 4.58. The van der Waals surface area contributed by atoms with E-state index in [2.05, 4.69) is 12.3 Å². The molecule has 2 heteroatoms. The van der Waals surface area contributed by atoms with Gasteiger partial charge in [-0.3, -0.25) is 0 Å². The van der Waals surface area contributed by atoms with Crippen molar-refractivity contribution < 1.29 is 5.11 Å². The van der Waals surface area contributed by atoms with Crippen LogP contribution in [0.1, 0.15) is 6.92 Å². The first-order chi connectivity index (χ1) is 2.27. The van der Waals surface area contributed by atoms with Crippen LogP contribution in [0.4, 0.5) is 0 Å². The molecule has 0 heterocycles. The Hall–Kier alpha value is -0.0800. The molecule has 0 amide bonds. The molecule has 1 atom stereocenters. The van der Waals surface area contributed by atoms with Crippen LogP contribution in [0.2, 0.25) is 0 Å². The second-order valence-corrected chi connectivity index (χ2v) is 0.843. The Morgan fingerprint density at radius 2 is 2.20 bits per heavy atom. The van der Waals surface area contributed by atoms with Gasteiger partial charge in [-0.2, -0.15) is 0 Å². The number of aliphatic hydroxyl groups is 1. The third-order valence-corrected chi connectivity index (χ3v) is 0.241. The molecule has 0 fully saturated rings. The smallest absolute Gasteiger partial charge is 0.0869 e. The van der Waals surface area contributed by atoms with Gasteiger partial charge in [0, 0.05) is 0 Å². The van der Waals surface area contributed by atoms with E-state index < -0.39 is 6.10 Å². The minimum absolute atomic E-state index is 0.588. The van der Waals surface area contributed by atoms with Crippen LogP contribution in [0.3, 0.4) is 0 Å². The van der Waals surface area contributed by atoms with Gasteiger partial charge in [0.2, 0.25) is 0 Å². The largest absolute Gasteiger partial charge is 0.391 e. The molecule has 0 rings (SSSR count). The molecular formula is C3H7NO. The molecule has 0 saturated heterocycles. The third kappa shape index (κ3) is 3.92. The van der Waals surface area contributed by atoms with Crippen LogP contribution in [0.15, 0.2) is 0 Å². The van der Waals surface area contributed by atoms with E-state index in [4.69, 9.17) is 5.11 Å². The van der Waals surface area contributed by atoms with Gasteiger partial charge in [0.25, 0.3) is 0 Å². The van der Waals surface area contributed by atoms with E-state index in [0.717, 1.165) is 0 Å². The van der Waals surface area contributed by atoms with Gasteiger partial charge in [-0.25, -0.2) is 0 Å². The number of rotatable bonds is 1. The van der Waals surface area contributed by atoms with Crippen LogP contribution in [0.5, 0.6) is 0 Å². The highest BCUT2D eigenvalue weighted by Gasteiger charge is 1.84. The summed E-state index contributed by atoms with van der Waals surface area (Å²) < 4.78 is 0. The van der Waals surface area contributed by atoms with Crippen molar-refractivity contribution in [2.45, 2.75) is 13.0 Å². The zero-order chi connectivity index (χ0) is 4.28. The highest BCUT2D eigenvalue weighted by atomic mass is 16.3. The van der Waals surface area contributed by atoms with E-state index in [1.165, 1.54) is 0 Å². The molecule has 0 aliphatic carbocycles. The summed E-state index contributed by atoms with van der Waals surface area (Å²) in [5, 5.41) is 8.12. The van der Waals surface area contributed by atoms with Crippen LogP contribution in [0.25, 0.3) is 0 Å². The van der Waals surface area contributed by atoms with Crippen LogP contribution >= 0.6 is 0 Å². The van der Waals surface area contributed by atoms with Crippen LogP contribution in [-0.2, 0) is 0 Å². The van der Waals surface area contributed by atoms with Gasteiger partial charge in [-0.15, -0.1) is 0 Å². The first-order valence-corrected chi connectivity index (χ1v) is 1.41. The Balaban J connectivity index is 2.54. The molecule has 2 radical (unpaired) electrons. The molecule has 0 spiro atoms. The molecule has 0 saturated carbocycles. The van der Waals surface area contributed by atoms with Gasteiger partial charge in [0.1, 0.15) is 0 Å². The molecule has 1 unspecified atom stereocenters. The Morgan fingerprint density at radius 1 is 2.00 bits per heavy atom. The second kappa shape index (κ2) is 2.18. The zero-order valence-electron chi connectivity index (χ0n) is 3.10. The molecular weight excluding hydrogens is 66.0 g/mol. The predicted octanol–water partition coefficient (Wildman–Crippen LogP) is -0.635. The van der Waals surface area contributed by atoms with E-state index >= 15 is 0 Å². The number of aliphatic hydroxyl groups excluding tert-OH is 1. The minimum atomic E-state index is -0.588. The standard InChI is InChI=1S/C3H7NO/c1-3(5)2-4/h3,5H,4H2,1H3. The fourth-order valence-corrected chi connectivity index (χ4v) is 0. The highest BCUT2D eigenvalue weighted by Crippen LogP contribution is 1.72. The molecule has 5 heavy (non-hydrogen) atoms. The normalized spacial score (nSPS) is 15.0. The Morgan fingerprint density at radius 3 is 2.20 bits per heavy atom. The van der Waals surface area contributed by atoms with E-state index in [0.29, 0.717) is 0 Å². The van der Waals surface area contributed by atoms with Crippen molar-refractivity contribution in [3.05, 3.63) is 6.54 Å². The van der Waals surface area contributed by atoms with Crippen molar-refractivity contribution in [1.82, 2.24) is 0 Å². The minimum Gasteiger partial charge on any atom is -0.391 e. The van der Waals surface area contributed by atoms with E-state index in [9.17, 15) is 0 Å². The quantitative estimate of drug-likeness (QED) is 0.406. The second-order valence-electron chi connectivity index (χ2n) is 0.843. The van der Waals surface area contributed by atoms with Gasteiger partial charge in [0.15, 0.2) is 0 Å². The summed E-state index contributed by atoms with van der Waals surface area (Å²) in [4.78, 5) is 0. The average Bonchev–Trinajstić information content (AvgIpc) is 1.38. The van der Waals surface area contributed by atoms with Gasteiger partial charge >= 0.3 is 0 Å². The number of hydrogen-bond acceptors (Lipinski definition) is 2. The number of nitrogens with two attached hydrogens (primary N) is 1. The van der Waals surface area contributed by atoms with Crippen molar-refractivity contribution in [2.24, 2.45) is 5.73 Å². The van der Waals surface area contributed by atoms with Crippen molar-refractivity contribution in [3.63, 3.8) is 0 Å². The zero-order valence-corrected chi connectivity index (χ0v) is 3.10. The van der Waals surface area contributed by atoms with Crippen LogP contribution in [0, 0.1) is 6.54 Å². The fourth-order valence-electron chi connectivity index (χ4n) is 0. The van der Waals surface area contributed by atoms with Crippen molar-refractivity contribution in [2.75, 3.05) is 0 Å². The summed E-state index contributed by atoms with van der Waals surface area (Å²) in [6, 6.07) is 0. The molecule has 3 N–H and O–H groups in total. The first-order valence-electron chi connectivity index (χ1n) is 1.41. The van der Waals surface area contributed by atoms with E-state index in [1.807, 2.05) is 0 Å². The molecule has 0 aromatic carbocycles. The van der Waals surface area contributed by atoms with Gasteiger partial charge in [-0.1, -0.05) is 0 Å². The summed E-state index contributed by atoms with van der Waals surface area (Å²) in [7, 11) is 0. The number of hydrogen-bond donors (Lipinski definition) is 2. The molecule has 0 aromatic rings. The lowest BCUT2D eigenvalue weighted by Gasteiger charge is -1.89. The lowest BCUT2D eigenvalue weighted by molar-refractivity contribution is 0.226. The molecule has 2 nitrogen and oxygen atoms in total. The summed E-state index contributed by atoms with van der Waals surface area (Å²) in [5.74, 6) is 0. The van der Waals surface area contributed by atoms with Gasteiger partial charge in [-0.05, 0) is 6.92 Å². The molecule has 0 aliphatic heterocycles. The fraction of sp³-hybridized carbons (Fsp3) is 0.667. The van der Waals surface area contributed by atoms with E-state index in [1.54, 1.807) is 6.92 Å². The lowest BCUT2D eigenvalue weighted by Crippen LogP contribution is -2.06. The Bertz CT molecular complexity index is 20.9. The van der Waals surface area contributed by atoms with E-state index in [-0.39, 0.29) is 0 Å². The molecule has 0 bridgehead atoms. The molecule has 30 valence electrons. The van der Waals surface area contributed by atoms with Crippen molar-refractivity contribution in [3.8, 4) is 0 Å². The summed E-state index contributed by atoms with van der Waals surface area (Å²) >= 11 is 0. The Labute approximate surface area is 31.6 Å². The SMILES string of the molecule is CC(O)[C]N.